The number of nitrogen functional groups attached to an aromatic ring is 1. The molecule has 3 N–H and O–H groups in total. The number of nitrogens with one attached hydrogen (secondary N) is 1. The van der Waals surface area contributed by atoms with Gasteiger partial charge in [0.05, 0.1) is 5.41 Å². The van der Waals surface area contributed by atoms with Crippen molar-refractivity contribution in [1.82, 2.24) is 20.1 Å². The highest BCUT2D eigenvalue weighted by atomic mass is 16.5. The summed E-state index contributed by atoms with van der Waals surface area (Å²) in [5.41, 5.74) is 14.0. The van der Waals surface area contributed by atoms with Crippen molar-refractivity contribution in [2.75, 3.05) is 43.9 Å². The van der Waals surface area contributed by atoms with Crippen LogP contribution in [0.3, 0.4) is 0 Å². The fourth-order valence-electron chi connectivity index (χ4n) is 14.1. The van der Waals surface area contributed by atoms with Crippen molar-refractivity contribution in [3.8, 4) is 0 Å². The van der Waals surface area contributed by atoms with E-state index in [-0.39, 0.29) is 39.0 Å². The number of hydrogen-bond donors (Lipinski definition) is 2. The Kier molecular flexibility index (Phi) is 8.75. The molecule has 3 aromatic rings. The van der Waals surface area contributed by atoms with Crippen LogP contribution >= 0.6 is 0 Å². The molecule has 1 saturated heterocycles. The molecule has 8 nitrogen and oxygen atoms in total. The average molecular weight is 759 g/mol. The number of nitrogens with two attached hydrogens (primary N) is 1. The van der Waals surface area contributed by atoms with Crippen LogP contribution in [0.1, 0.15) is 122 Å². The fraction of sp³-hybridized carbons (Fsp3) is 0.646. The first-order valence-corrected chi connectivity index (χ1v) is 21.7. The van der Waals surface area contributed by atoms with E-state index in [1.54, 1.807) is 5.57 Å². The fourth-order valence-corrected chi connectivity index (χ4v) is 14.1. The summed E-state index contributed by atoms with van der Waals surface area (Å²) in [5, 5.41) is 8.00. The van der Waals surface area contributed by atoms with Gasteiger partial charge in [-0.15, -0.1) is 0 Å². The molecule has 0 spiro atoms. The number of allylic oxidation sites excluding steroid dienone is 2. The van der Waals surface area contributed by atoms with Gasteiger partial charge < -0.3 is 20.3 Å². The molecule has 1 aliphatic heterocycles. The van der Waals surface area contributed by atoms with Gasteiger partial charge in [-0.1, -0.05) is 84.4 Å². The number of aromatic nitrogens is 3. The lowest BCUT2D eigenvalue weighted by Crippen LogP contribution is -2.65. The van der Waals surface area contributed by atoms with Gasteiger partial charge in [0.25, 0.3) is 0 Å². The molecule has 9 rings (SSSR count). The number of carbonyl (C=O) groups is 1. The van der Waals surface area contributed by atoms with Crippen LogP contribution < -0.4 is 10.6 Å². The highest BCUT2D eigenvalue weighted by Gasteiger charge is 2.70. The van der Waals surface area contributed by atoms with Crippen molar-refractivity contribution >= 4 is 23.2 Å². The lowest BCUT2D eigenvalue weighted by molar-refractivity contribution is -0.181. The number of rotatable bonds is 5. The van der Waals surface area contributed by atoms with Crippen molar-refractivity contribution in [3.63, 3.8) is 0 Å². The van der Waals surface area contributed by atoms with Gasteiger partial charge in [0.1, 0.15) is 18.2 Å². The zero-order chi connectivity index (χ0) is 39.5. The van der Waals surface area contributed by atoms with Crippen molar-refractivity contribution in [2.24, 2.45) is 44.8 Å². The average Bonchev–Trinajstić information content (AvgIpc) is 3.54. The molecule has 3 heterocycles. The number of carbonyl (C=O) groups excluding carboxylic acids is 1. The smallest absolute Gasteiger partial charge is 0.313 e. The predicted octanol–water partition coefficient (Wildman–Crippen LogP) is 9.22. The minimum Gasteiger partial charge on any atom is -0.460 e. The lowest BCUT2D eigenvalue weighted by atomic mass is 9.33. The molecule has 56 heavy (non-hydrogen) atoms. The Morgan fingerprint density at radius 1 is 0.911 bits per heavy atom. The Hall–Kier alpha value is -3.65. The minimum absolute atomic E-state index is 0.0132. The van der Waals surface area contributed by atoms with E-state index in [0.717, 1.165) is 82.5 Å². The van der Waals surface area contributed by atoms with Crippen LogP contribution in [0.15, 0.2) is 54.2 Å². The largest absolute Gasteiger partial charge is 0.460 e. The molecule has 2 aromatic heterocycles. The number of ether oxygens (including phenoxy) is 1. The maximum absolute atomic E-state index is 14.9. The number of fused-ring (bicyclic) bond motifs is 8. The maximum Gasteiger partial charge on any atom is 0.313 e. The number of nitrogens with zero attached hydrogens (tertiary/aromatic N) is 4. The molecule has 4 fully saturated rings. The zero-order valence-corrected chi connectivity index (χ0v) is 35.4. The van der Waals surface area contributed by atoms with Crippen LogP contribution in [0.5, 0.6) is 0 Å². The van der Waals surface area contributed by atoms with Crippen LogP contribution in [0.25, 0.3) is 5.57 Å². The number of piperazine rings is 1. The normalized spacial score (nSPS) is 36.1. The molecule has 2 unspecified atom stereocenters. The van der Waals surface area contributed by atoms with Crippen LogP contribution in [0.2, 0.25) is 0 Å². The first-order valence-electron chi connectivity index (χ1n) is 21.7. The third-order valence-corrected chi connectivity index (χ3v) is 17.5. The Bertz CT molecular complexity index is 2030. The van der Waals surface area contributed by atoms with Crippen molar-refractivity contribution in [1.29, 1.82) is 0 Å². The Labute approximate surface area is 335 Å². The van der Waals surface area contributed by atoms with Gasteiger partial charge >= 0.3 is 5.97 Å². The second-order valence-electron chi connectivity index (χ2n) is 21.2. The molecule has 0 bridgehead atoms. The van der Waals surface area contributed by atoms with Gasteiger partial charge in [0.15, 0.2) is 0 Å². The number of aromatic amines is 1. The third kappa shape index (κ3) is 5.50. The Balaban J connectivity index is 1.20. The first kappa shape index (κ1) is 37.9. The molecule has 1 aromatic carbocycles. The van der Waals surface area contributed by atoms with Gasteiger partial charge in [0, 0.05) is 49.0 Å². The summed E-state index contributed by atoms with van der Waals surface area (Å²) in [4.78, 5) is 25.0. The van der Waals surface area contributed by atoms with Gasteiger partial charge in [-0.2, -0.15) is 5.10 Å². The number of anilines is 2. The van der Waals surface area contributed by atoms with E-state index < -0.39 is 5.41 Å². The summed E-state index contributed by atoms with van der Waals surface area (Å²) in [6.07, 6.45) is 11.3. The Morgan fingerprint density at radius 2 is 1.64 bits per heavy atom. The Morgan fingerprint density at radius 3 is 2.36 bits per heavy atom. The molecule has 3 saturated carbocycles. The summed E-state index contributed by atoms with van der Waals surface area (Å²) >= 11 is 0. The predicted molar refractivity (Wildman–Crippen MR) is 225 cm³/mol. The molecular weight excluding hydrogens is 693 g/mol. The monoisotopic (exact) mass is 759 g/mol. The van der Waals surface area contributed by atoms with E-state index >= 15 is 0 Å². The van der Waals surface area contributed by atoms with E-state index in [9.17, 15) is 4.79 Å². The minimum atomic E-state index is -0.533. The molecule has 6 aliphatic rings. The number of benzene rings is 1. The number of esters is 1. The van der Waals surface area contributed by atoms with Crippen LogP contribution in [-0.2, 0) is 28.0 Å². The van der Waals surface area contributed by atoms with Gasteiger partial charge in [-0.05, 0) is 133 Å². The van der Waals surface area contributed by atoms with Crippen LogP contribution in [0, 0.1) is 44.8 Å². The molecule has 7 atom stereocenters. The van der Waals surface area contributed by atoms with Gasteiger partial charge in [-0.3, -0.25) is 9.89 Å². The molecule has 300 valence electrons. The molecule has 0 radical (unpaired) electrons. The highest BCUT2D eigenvalue weighted by molar-refractivity contribution is 5.81. The number of likely N-dealkylation sites (N-methyl/N-ethyl adjacent to an activating group) is 1. The van der Waals surface area contributed by atoms with Crippen LogP contribution in [0.4, 0.5) is 11.6 Å². The van der Waals surface area contributed by atoms with E-state index in [0.29, 0.717) is 24.3 Å². The summed E-state index contributed by atoms with van der Waals surface area (Å²) < 4.78 is 6.41. The standard InChI is InChI=1S/C48H66N6O2/c1-43(2)18-20-48(42(55)56-30-31-12-10-9-11-13-31)21-19-47(7)39(35(48)28-43)33(32-14-15-38(50-29-32)54-24-22-53(8)23-25-54)26-37-45(5)27-34-40(51-52-41(34)49)44(3,4)36(45)16-17-46(37,47)6/h9-15,29,35-37H,16-28,30H2,1-8H3,(H3,49,51,52)/t35-,36?,37?,45-,46+,47+,48-/m0/s1. The molecular formula is C48H66N6O2. The van der Waals surface area contributed by atoms with Gasteiger partial charge in [0.2, 0.25) is 0 Å². The first-order chi connectivity index (χ1) is 26.5. The van der Waals surface area contributed by atoms with E-state index in [4.69, 9.17) is 15.5 Å². The second-order valence-corrected chi connectivity index (χ2v) is 21.2. The lowest BCUT2D eigenvalue weighted by Gasteiger charge is -2.71. The zero-order valence-electron chi connectivity index (χ0n) is 35.4. The highest BCUT2D eigenvalue weighted by Crippen LogP contribution is 2.77. The number of H-pyrrole nitrogens is 1. The van der Waals surface area contributed by atoms with E-state index in [1.165, 1.54) is 35.2 Å². The van der Waals surface area contributed by atoms with Crippen molar-refractivity contribution in [2.45, 2.75) is 118 Å². The summed E-state index contributed by atoms with van der Waals surface area (Å²) in [6.45, 7) is 22.0. The molecule has 5 aliphatic carbocycles. The summed E-state index contributed by atoms with van der Waals surface area (Å²) in [7, 11) is 2.20. The topological polar surface area (TPSA) is 100 Å². The van der Waals surface area contributed by atoms with Gasteiger partial charge in [-0.25, -0.2) is 4.98 Å². The SMILES string of the molecule is CN1CCN(c2ccc(C3=C4[C@@H]5CC(C)(C)CC[C@]5(C(=O)OCc5ccccc5)CC[C@@]4(C)[C@]4(C)CCC5C(C)(C)c6[nH]nc(N)c6C[C@]5(C)C4C3)cn2)CC1. The molecule has 0 amide bonds. The van der Waals surface area contributed by atoms with Crippen LogP contribution in [-0.4, -0.2) is 59.3 Å². The van der Waals surface area contributed by atoms with E-state index in [2.05, 4.69) is 106 Å². The maximum atomic E-state index is 14.9. The summed E-state index contributed by atoms with van der Waals surface area (Å²) in [5.74, 6) is 2.78. The summed E-state index contributed by atoms with van der Waals surface area (Å²) in [6, 6.07) is 14.9. The van der Waals surface area contributed by atoms with Crippen molar-refractivity contribution in [3.05, 3.63) is 76.6 Å². The van der Waals surface area contributed by atoms with Crippen molar-refractivity contribution < 1.29 is 9.53 Å². The second kappa shape index (κ2) is 12.9. The number of hydrogen-bond acceptors (Lipinski definition) is 7. The molecule has 8 heteroatoms. The van der Waals surface area contributed by atoms with E-state index in [1.807, 2.05) is 18.2 Å². The third-order valence-electron chi connectivity index (χ3n) is 17.5. The number of pyridine rings is 1. The quantitative estimate of drug-likeness (QED) is 0.250.